The van der Waals surface area contributed by atoms with Gasteiger partial charge in [-0.15, -0.1) is 0 Å². The first-order valence-electron chi connectivity index (χ1n) is 13.6. The molecule has 0 aliphatic carbocycles. The molecule has 0 saturated carbocycles. The third-order valence-corrected chi connectivity index (χ3v) is 6.48. The molecule has 1 aliphatic rings. The topological polar surface area (TPSA) is 124 Å². The normalized spacial score (nSPS) is 14.3. The van der Waals surface area contributed by atoms with Crippen molar-refractivity contribution in [3.05, 3.63) is 83.1 Å². The Morgan fingerprint density at radius 3 is 2.40 bits per heavy atom. The van der Waals surface area contributed by atoms with Crippen LogP contribution in [0.1, 0.15) is 32.8 Å². The molecule has 42 heavy (non-hydrogen) atoms. The van der Waals surface area contributed by atoms with Gasteiger partial charge in [0.05, 0.1) is 37.7 Å². The molecule has 2 heterocycles. The second-order valence-electron chi connectivity index (χ2n) is 9.47. The molecular formula is C32H32N4O6. The molecule has 0 bridgehead atoms. The summed E-state index contributed by atoms with van der Waals surface area (Å²) in [6.45, 7) is 5.67. The van der Waals surface area contributed by atoms with E-state index in [9.17, 15) is 19.6 Å². The van der Waals surface area contributed by atoms with Gasteiger partial charge in [0.25, 0.3) is 11.8 Å². The number of benzene rings is 2. The fourth-order valence-electron chi connectivity index (χ4n) is 4.35. The Kier molecular flexibility index (Phi) is 10.0. The second kappa shape index (κ2) is 14.1. The van der Waals surface area contributed by atoms with Crippen molar-refractivity contribution in [2.24, 2.45) is 0 Å². The number of aromatic nitrogens is 2. The number of nitrogens with zero attached hydrogens (tertiary/aromatic N) is 4. The van der Waals surface area contributed by atoms with Gasteiger partial charge in [0.2, 0.25) is 0 Å². The van der Waals surface area contributed by atoms with Gasteiger partial charge in [-0.2, -0.15) is 10.4 Å². The molecule has 0 atom stereocenters. The number of carbonyl (C=O) groups excluding carboxylic acids is 3. The number of hydrogen-bond donors (Lipinski definition) is 0. The first kappa shape index (κ1) is 30.0. The highest BCUT2D eigenvalue weighted by molar-refractivity contribution is 6.19. The van der Waals surface area contributed by atoms with Crippen molar-refractivity contribution >= 4 is 23.9 Å². The van der Waals surface area contributed by atoms with Crippen LogP contribution in [0.5, 0.6) is 5.75 Å². The van der Waals surface area contributed by atoms with Crippen LogP contribution in [-0.4, -0.2) is 65.4 Å². The maximum Gasteiger partial charge on any atom is 0.302 e. The summed E-state index contributed by atoms with van der Waals surface area (Å²) in [6, 6.07) is 19.1. The number of para-hydroxylation sites is 1. The van der Waals surface area contributed by atoms with Gasteiger partial charge in [0, 0.05) is 29.8 Å². The standard InChI is InChI=1S/C32H32N4O6/c1-4-15-42-27-12-10-24(11-13-27)30-25(21-36(34-30)26-8-6-5-7-9-26)19-28-22(2)29(20-33)32(39)35(31(28)38)14-16-40-17-18-41-23(3)37/h5-13,19,21H,4,14-18H2,1-3H3/b28-19+. The summed E-state index contributed by atoms with van der Waals surface area (Å²) in [5.41, 5.74) is 3.27. The van der Waals surface area contributed by atoms with Crippen LogP contribution in [0.3, 0.4) is 0 Å². The first-order chi connectivity index (χ1) is 20.3. The lowest BCUT2D eigenvalue weighted by Crippen LogP contribution is -2.44. The molecule has 1 aliphatic heterocycles. The number of amides is 2. The Morgan fingerprint density at radius 1 is 1.00 bits per heavy atom. The lowest BCUT2D eigenvalue weighted by molar-refractivity contribution is -0.142. The van der Waals surface area contributed by atoms with Crippen LogP contribution in [0.4, 0.5) is 0 Å². The van der Waals surface area contributed by atoms with E-state index in [4.69, 9.17) is 19.3 Å². The summed E-state index contributed by atoms with van der Waals surface area (Å²) in [4.78, 5) is 38.5. The maximum absolute atomic E-state index is 13.6. The van der Waals surface area contributed by atoms with Crippen molar-refractivity contribution in [1.29, 1.82) is 5.26 Å². The largest absolute Gasteiger partial charge is 0.494 e. The number of nitriles is 1. The summed E-state index contributed by atoms with van der Waals surface area (Å²) in [5.74, 6) is -0.901. The molecule has 2 amide bonds. The van der Waals surface area contributed by atoms with E-state index in [1.807, 2.05) is 73.8 Å². The summed E-state index contributed by atoms with van der Waals surface area (Å²) in [7, 11) is 0. The van der Waals surface area contributed by atoms with E-state index in [-0.39, 0.29) is 37.5 Å². The predicted octanol–water partition coefficient (Wildman–Crippen LogP) is 4.50. The number of carbonyl (C=O) groups is 3. The fraction of sp³-hybridized carbons (Fsp3) is 0.281. The summed E-state index contributed by atoms with van der Waals surface area (Å²) >= 11 is 0. The molecular weight excluding hydrogens is 536 g/mol. The highest BCUT2D eigenvalue weighted by Gasteiger charge is 2.35. The van der Waals surface area contributed by atoms with E-state index in [1.54, 1.807) is 17.7 Å². The smallest absolute Gasteiger partial charge is 0.302 e. The monoisotopic (exact) mass is 568 g/mol. The molecule has 1 aromatic heterocycles. The van der Waals surface area contributed by atoms with Gasteiger partial charge < -0.3 is 14.2 Å². The van der Waals surface area contributed by atoms with Gasteiger partial charge in [-0.3, -0.25) is 19.3 Å². The van der Waals surface area contributed by atoms with Gasteiger partial charge in [-0.05, 0) is 61.4 Å². The molecule has 0 radical (unpaired) electrons. The molecule has 0 fully saturated rings. The highest BCUT2D eigenvalue weighted by Crippen LogP contribution is 2.31. The molecule has 0 N–H and O–H groups in total. The Hall–Kier alpha value is -5.01. The van der Waals surface area contributed by atoms with Gasteiger partial charge in [-0.25, -0.2) is 4.68 Å². The van der Waals surface area contributed by atoms with Gasteiger partial charge in [0.15, 0.2) is 0 Å². The van der Waals surface area contributed by atoms with Crippen LogP contribution in [0.15, 0.2) is 77.5 Å². The Morgan fingerprint density at radius 2 is 1.74 bits per heavy atom. The van der Waals surface area contributed by atoms with Gasteiger partial charge in [0.1, 0.15) is 24.0 Å². The third kappa shape index (κ3) is 7.00. The zero-order chi connectivity index (χ0) is 30.1. The number of esters is 1. The van der Waals surface area contributed by atoms with Crippen molar-refractivity contribution in [2.45, 2.75) is 27.2 Å². The van der Waals surface area contributed by atoms with Crippen LogP contribution >= 0.6 is 0 Å². The fourth-order valence-corrected chi connectivity index (χ4v) is 4.35. The molecule has 0 saturated heterocycles. The Balaban J connectivity index is 1.70. The second-order valence-corrected chi connectivity index (χ2v) is 9.47. The lowest BCUT2D eigenvalue weighted by Gasteiger charge is -2.27. The number of ether oxygens (including phenoxy) is 3. The minimum absolute atomic E-state index is 0.0213. The molecule has 216 valence electrons. The van der Waals surface area contributed by atoms with Crippen molar-refractivity contribution in [2.75, 3.05) is 33.0 Å². The Bertz CT molecular complexity index is 1550. The van der Waals surface area contributed by atoms with E-state index in [1.165, 1.54) is 6.92 Å². The number of imide groups is 1. The summed E-state index contributed by atoms with van der Waals surface area (Å²) in [6.07, 6.45) is 4.37. The maximum atomic E-state index is 13.6. The summed E-state index contributed by atoms with van der Waals surface area (Å²) < 4.78 is 17.7. The molecule has 3 aromatic rings. The zero-order valence-electron chi connectivity index (χ0n) is 23.8. The zero-order valence-corrected chi connectivity index (χ0v) is 23.8. The van der Waals surface area contributed by atoms with Crippen molar-refractivity contribution in [3.63, 3.8) is 0 Å². The molecule has 10 heteroatoms. The van der Waals surface area contributed by atoms with E-state index >= 15 is 0 Å². The van der Waals surface area contributed by atoms with Crippen LogP contribution in [0, 0.1) is 11.3 Å². The first-order valence-corrected chi connectivity index (χ1v) is 13.6. The van der Waals surface area contributed by atoms with E-state index < -0.39 is 17.8 Å². The van der Waals surface area contributed by atoms with Gasteiger partial charge >= 0.3 is 5.97 Å². The van der Waals surface area contributed by atoms with Crippen molar-refractivity contribution in [1.82, 2.24) is 14.7 Å². The SMILES string of the molecule is CCCOc1ccc(-c2nn(-c3ccccc3)cc2/C=C2/C(=O)N(CCOCCOC(C)=O)C(=O)C(C#N)=C2C)cc1. The lowest BCUT2D eigenvalue weighted by atomic mass is 9.93. The summed E-state index contributed by atoms with van der Waals surface area (Å²) in [5, 5.41) is 14.6. The van der Waals surface area contributed by atoms with Crippen LogP contribution in [0.2, 0.25) is 0 Å². The highest BCUT2D eigenvalue weighted by atomic mass is 16.6. The predicted molar refractivity (Wildman–Crippen MR) is 155 cm³/mol. The quantitative estimate of drug-likeness (QED) is 0.135. The van der Waals surface area contributed by atoms with E-state index in [0.29, 0.717) is 23.4 Å². The van der Waals surface area contributed by atoms with Crippen LogP contribution < -0.4 is 4.74 Å². The van der Waals surface area contributed by atoms with E-state index in [2.05, 4.69) is 0 Å². The van der Waals surface area contributed by atoms with Crippen molar-refractivity contribution < 1.29 is 28.6 Å². The van der Waals surface area contributed by atoms with Crippen LogP contribution in [0.25, 0.3) is 23.0 Å². The molecule has 10 nitrogen and oxygen atoms in total. The molecule has 0 spiro atoms. The van der Waals surface area contributed by atoms with Crippen LogP contribution in [-0.2, 0) is 23.9 Å². The third-order valence-electron chi connectivity index (χ3n) is 6.48. The molecule has 0 unspecified atom stereocenters. The minimum Gasteiger partial charge on any atom is -0.494 e. The molecule has 4 rings (SSSR count). The average Bonchev–Trinajstić information content (AvgIpc) is 3.42. The number of hydrogen-bond acceptors (Lipinski definition) is 8. The Labute approximate surface area is 244 Å². The van der Waals surface area contributed by atoms with Gasteiger partial charge in [-0.1, -0.05) is 25.1 Å². The van der Waals surface area contributed by atoms with Crippen molar-refractivity contribution in [3.8, 4) is 28.8 Å². The minimum atomic E-state index is -0.677. The molecule has 2 aromatic carbocycles. The average molecular weight is 569 g/mol. The number of rotatable bonds is 12. The van der Waals surface area contributed by atoms with E-state index in [0.717, 1.165) is 28.3 Å².